The third kappa shape index (κ3) is 4.00. The summed E-state index contributed by atoms with van der Waals surface area (Å²) >= 11 is 0. The standard InChI is InChI=1S/C18H17N3O4/c1-12(22)10-18(24)25-9-8-13-6-7-17(23)16(11-13)21-19-14-4-2-3-5-15(14)20-21/h2-7,11,23H,8-10H2,1H3. The predicted molar refractivity (Wildman–Crippen MR) is 90.5 cm³/mol. The Bertz CT molecular complexity index is 900. The zero-order valence-corrected chi connectivity index (χ0v) is 13.7. The molecule has 7 heteroatoms. The van der Waals surface area contributed by atoms with E-state index in [0.717, 1.165) is 16.6 Å². The molecular formula is C18H17N3O4. The van der Waals surface area contributed by atoms with Crippen molar-refractivity contribution >= 4 is 22.8 Å². The number of ketones is 1. The number of carbonyl (C=O) groups excluding carboxylic acids is 2. The van der Waals surface area contributed by atoms with Crippen molar-refractivity contribution in [3.63, 3.8) is 0 Å². The second-order valence-electron chi connectivity index (χ2n) is 5.65. The normalized spacial score (nSPS) is 10.8. The van der Waals surface area contributed by atoms with Gasteiger partial charge >= 0.3 is 5.97 Å². The van der Waals surface area contributed by atoms with Crippen molar-refractivity contribution in [2.75, 3.05) is 6.61 Å². The lowest BCUT2D eigenvalue weighted by Gasteiger charge is -2.07. The van der Waals surface area contributed by atoms with Gasteiger partial charge in [-0.3, -0.25) is 9.59 Å². The molecule has 0 amide bonds. The minimum Gasteiger partial charge on any atom is -0.506 e. The molecule has 0 bridgehead atoms. The van der Waals surface area contributed by atoms with Crippen molar-refractivity contribution in [2.45, 2.75) is 19.8 Å². The summed E-state index contributed by atoms with van der Waals surface area (Å²) < 4.78 is 5.02. The van der Waals surface area contributed by atoms with Gasteiger partial charge in [0.05, 0.1) is 6.61 Å². The fourth-order valence-corrected chi connectivity index (χ4v) is 2.39. The highest BCUT2D eigenvalue weighted by molar-refractivity contribution is 5.94. The SMILES string of the molecule is CC(=O)CC(=O)OCCc1ccc(O)c(-n2nc3ccccc3n2)c1. The largest absolute Gasteiger partial charge is 0.506 e. The number of phenolic OH excluding ortho intramolecular Hbond substituents is 1. The van der Waals surface area contributed by atoms with Gasteiger partial charge in [0.1, 0.15) is 34.7 Å². The number of benzene rings is 2. The number of rotatable bonds is 6. The molecule has 0 saturated carbocycles. The van der Waals surface area contributed by atoms with E-state index < -0.39 is 5.97 Å². The summed E-state index contributed by atoms with van der Waals surface area (Å²) in [7, 11) is 0. The van der Waals surface area contributed by atoms with Crippen LogP contribution in [0.2, 0.25) is 0 Å². The van der Waals surface area contributed by atoms with Crippen LogP contribution in [0.5, 0.6) is 5.75 Å². The first-order valence-electron chi connectivity index (χ1n) is 7.82. The summed E-state index contributed by atoms with van der Waals surface area (Å²) in [4.78, 5) is 23.6. The Kier molecular flexibility index (Phi) is 4.74. The van der Waals surface area contributed by atoms with Crippen LogP contribution in [0.25, 0.3) is 16.7 Å². The Morgan fingerprint density at radius 1 is 1.12 bits per heavy atom. The van der Waals surface area contributed by atoms with Crippen LogP contribution in [0.1, 0.15) is 18.9 Å². The Balaban J connectivity index is 1.74. The van der Waals surface area contributed by atoms with Crippen molar-refractivity contribution in [3.8, 4) is 11.4 Å². The molecule has 0 aliphatic carbocycles. The van der Waals surface area contributed by atoms with Gasteiger partial charge in [0, 0.05) is 6.42 Å². The second kappa shape index (κ2) is 7.12. The summed E-state index contributed by atoms with van der Waals surface area (Å²) in [6.45, 7) is 1.50. The molecule has 7 nitrogen and oxygen atoms in total. The van der Waals surface area contributed by atoms with Crippen LogP contribution >= 0.6 is 0 Å². The Labute approximate surface area is 143 Å². The molecule has 0 spiro atoms. The lowest BCUT2D eigenvalue weighted by atomic mass is 10.1. The lowest BCUT2D eigenvalue weighted by Crippen LogP contribution is -2.11. The van der Waals surface area contributed by atoms with Crippen LogP contribution in [0.15, 0.2) is 42.5 Å². The van der Waals surface area contributed by atoms with Crippen molar-refractivity contribution in [2.24, 2.45) is 0 Å². The zero-order valence-electron chi connectivity index (χ0n) is 13.7. The third-order valence-corrected chi connectivity index (χ3v) is 3.59. The fraction of sp³-hybridized carbons (Fsp3) is 0.222. The smallest absolute Gasteiger partial charge is 0.313 e. The third-order valence-electron chi connectivity index (χ3n) is 3.59. The van der Waals surface area contributed by atoms with Crippen LogP contribution < -0.4 is 0 Å². The van der Waals surface area contributed by atoms with E-state index in [1.807, 2.05) is 24.3 Å². The molecule has 1 heterocycles. The summed E-state index contributed by atoms with van der Waals surface area (Å²) in [5, 5.41) is 18.8. The minimum atomic E-state index is -0.536. The van der Waals surface area contributed by atoms with Crippen LogP contribution in [0.4, 0.5) is 0 Å². The monoisotopic (exact) mass is 339 g/mol. The minimum absolute atomic E-state index is 0.0534. The maximum atomic E-state index is 11.4. The molecule has 128 valence electrons. The van der Waals surface area contributed by atoms with Gasteiger partial charge in [0.25, 0.3) is 0 Å². The molecule has 25 heavy (non-hydrogen) atoms. The van der Waals surface area contributed by atoms with Crippen LogP contribution in [0, 0.1) is 0 Å². The molecule has 2 aromatic carbocycles. The zero-order chi connectivity index (χ0) is 17.8. The van der Waals surface area contributed by atoms with E-state index in [4.69, 9.17) is 4.74 Å². The number of aromatic nitrogens is 3. The molecule has 0 aliphatic rings. The van der Waals surface area contributed by atoms with E-state index in [-0.39, 0.29) is 24.6 Å². The van der Waals surface area contributed by atoms with E-state index in [1.54, 1.807) is 18.2 Å². The molecule has 0 fully saturated rings. The number of phenols is 1. The van der Waals surface area contributed by atoms with Gasteiger partial charge in [-0.15, -0.1) is 15.0 Å². The van der Waals surface area contributed by atoms with Crippen molar-refractivity contribution in [3.05, 3.63) is 48.0 Å². The summed E-state index contributed by atoms with van der Waals surface area (Å²) in [5.41, 5.74) is 2.75. The van der Waals surface area contributed by atoms with Gasteiger partial charge in [-0.2, -0.15) is 0 Å². The fourth-order valence-electron chi connectivity index (χ4n) is 2.39. The van der Waals surface area contributed by atoms with E-state index >= 15 is 0 Å². The quantitative estimate of drug-likeness (QED) is 0.546. The van der Waals surface area contributed by atoms with Gasteiger partial charge in [0.15, 0.2) is 0 Å². The number of fused-ring (bicyclic) bond motifs is 1. The number of esters is 1. The van der Waals surface area contributed by atoms with Gasteiger partial charge < -0.3 is 9.84 Å². The molecular weight excluding hydrogens is 322 g/mol. The Hall–Kier alpha value is -3.22. The average molecular weight is 339 g/mol. The number of hydrogen-bond acceptors (Lipinski definition) is 6. The van der Waals surface area contributed by atoms with Crippen LogP contribution in [-0.4, -0.2) is 38.5 Å². The van der Waals surface area contributed by atoms with Gasteiger partial charge in [-0.1, -0.05) is 18.2 Å². The maximum Gasteiger partial charge on any atom is 0.313 e. The number of Topliss-reactive ketones (excluding diaryl/α,β-unsaturated/α-hetero) is 1. The summed E-state index contributed by atoms with van der Waals surface area (Å²) in [5.74, 6) is -0.710. The summed E-state index contributed by atoms with van der Waals surface area (Å²) in [6.07, 6.45) is 0.238. The van der Waals surface area contributed by atoms with Gasteiger partial charge in [-0.05, 0) is 36.8 Å². The first-order valence-corrected chi connectivity index (χ1v) is 7.82. The van der Waals surface area contributed by atoms with Crippen molar-refractivity contribution < 1.29 is 19.4 Å². The molecule has 0 saturated heterocycles. The molecule has 0 aliphatic heterocycles. The number of aromatic hydroxyl groups is 1. The molecule has 1 N–H and O–H groups in total. The molecule has 1 aromatic heterocycles. The van der Waals surface area contributed by atoms with Gasteiger partial charge in [-0.25, -0.2) is 0 Å². The Morgan fingerprint density at radius 3 is 2.44 bits per heavy atom. The molecule has 0 radical (unpaired) electrons. The molecule has 3 aromatic rings. The lowest BCUT2D eigenvalue weighted by molar-refractivity contribution is -0.145. The van der Waals surface area contributed by atoms with Gasteiger partial charge in [0.2, 0.25) is 0 Å². The molecule has 0 atom stereocenters. The number of ether oxygens (including phenoxy) is 1. The molecule has 3 rings (SSSR count). The second-order valence-corrected chi connectivity index (χ2v) is 5.65. The predicted octanol–water partition coefficient (Wildman–Crippen LogP) is 2.19. The van der Waals surface area contributed by atoms with Crippen molar-refractivity contribution in [1.29, 1.82) is 0 Å². The first-order chi connectivity index (χ1) is 12.0. The maximum absolute atomic E-state index is 11.4. The highest BCUT2D eigenvalue weighted by atomic mass is 16.5. The number of carbonyl (C=O) groups is 2. The topological polar surface area (TPSA) is 94.3 Å². The highest BCUT2D eigenvalue weighted by Gasteiger charge is 2.11. The Morgan fingerprint density at radius 2 is 1.80 bits per heavy atom. The average Bonchev–Trinajstić information content (AvgIpc) is 2.99. The summed E-state index contributed by atoms with van der Waals surface area (Å²) in [6, 6.07) is 12.5. The van der Waals surface area contributed by atoms with Crippen LogP contribution in [-0.2, 0) is 20.7 Å². The molecule has 0 unspecified atom stereocenters. The van der Waals surface area contributed by atoms with Crippen molar-refractivity contribution in [1.82, 2.24) is 15.0 Å². The first kappa shape index (κ1) is 16.6. The highest BCUT2D eigenvalue weighted by Crippen LogP contribution is 2.23. The number of nitrogens with zero attached hydrogens (tertiary/aromatic N) is 3. The number of hydrogen-bond donors (Lipinski definition) is 1. The van der Waals surface area contributed by atoms with E-state index in [1.165, 1.54) is 11.7 Å². The van der Waals surface area contributed by atoms with E-state index in [0.29, 0.717) is 12.1 Å². The van der Waals surface area contributed by atoms with Crippen LogP contribution in [0.3, 0.4) is 0 Å². The van der Waals surface area contributed by atoms with E-state index in [9.17, 15) is 14.7 Å². The van der Waals surface area contributed by atoms with E-state index in [2.05, 4.69) is 10.2 Å².